The number of allylic oxidation sites excluding steroid dienone is 3. The standard InChI is InChI=1S/C13H20N4/c1-6-12(8-10(3)14-7-2)11(4)13-9-15-16-17(13)5/h6,9H,1,7-8H2,2-5H3/b12-11-,14-10?. The maximum absolute atomic E-state index is 4.40. The van der Waals surface area contributed by atoms with Crippen LogP contribution in [0.25, 0.3) is 5.57 Å². The van der Waals surface area contributed by atoms with Crippen LogP contribution in [-0.2, 0) is 7.05 Å². The maximum Gasteiger partial charge on any atom is 0.0841 e. The molecule has 1 heterocycles. The van der Waals surface area contributed by atoms with E-state index in [1.165, 1.54) is 5.57 Å². The zero-order chi connectivity index (χ0) is 12.8. The van der Waals surface area contributed by atoms with Crippen LogP contribution in [0.5, 0.6) is 0 Å². The van der Waals surface area contributed by atoms with Gasteiger partial charge in [-0.15, -0.1) is 5.10 Å². The normalized spacial score (nSPS) is 13.5. The van der Waals surface area contributed by atoms with E-state index in [9.17, 15) is 0 Å². The number of aromatic nitrogens is 3. The molecule has 0 atom stereocenters. The Bertz CT molecular complexity index is 452. The van der Waals surface area contributed by atoms with Gasteiger partial charge in [0.05, 0.1) is 11.9 Å². The fourth-order valence-corrected chi connectivity index (χ4v) is 1.75. The molecule has 0 N–H and O–H groups in total. The minimum atomic E-state index is 0.822. The number of hydrogen-bond acceptors (Lipinski definition) is 3. The van der Waals surface area contributed by atoms with Crippen molar-refractivity contribution in [3.05, 3.63) is 30.1 Å². The molecule has 1 aromatic heterocycles. The number of rotatable bonds is 5. The zero-order valence-electron chi connectivity index (χ0n) is 11.1. The van der Waals surface area contributed by atoms with Crippen molar-refractivity contribution >= 4 is 11.3 Å². The van der Waals surface area contributed by atoms with Crippen molar-refractivity contribution in [3.63, 3.8) is 0 Å². The van der Waals surface area contributed by atoms with E-state index in [1.807, 2.05) is 27.0 Å². The van der Waals surface area contributed by atoms with Crippen molar-refractivity contribution in [2.75, 3.05) is 6.54 Å². The van der Waals surface area contributed by atoms with Crippen LogP contribution in [0.4, 0.5) is 0 Å². The Morgan fingerprint density at radius 2 is 2.24 bits per heavy atom. The quantitative estimate of drug-likeness (QED) is 0.578. The molecule has 0 bridgehead atoms. The summed E-state index contributed by atoms with van der Waals surface area (Å²) in [4.78, 5) is 4.40. The molecule has 0 aliphatic carbocycles. The third-order valence-electron chi connectivity index (χ3n) is 2.70. The Hall–Kier alpha value is -1.71. The molecule has 0 aromatic carbocycles. The molecule has 0 unspecified atom stereocenters. The zero-order valence-corrected chi connectivity index (χ0v) is 11.1. The monoisotopic (exact) mass is 232 g/mol. The average molecular weight is 232 g/mol. The Labute approximate surface area is 103 Å². The first-order chi connectivity index (χ1) is 8.10. The molecule has 0 aliphatic rings. The smallest absolute Gasteiger partial charge is 0.0841 e. The summed E-state index contributed by atoms with van der Waals surface area (Å²) in [5, 5.41) is 7.83. The van der Waals surface area contributed by atoms with Gasteiger partial charge in [0.25, 0.3) is 0 Å². The molecule has 0 aliphatic heterocycles. The summed E-state index contributed by atoms with van der Waals surface area (Å²) in [6.45, 7) is 10.8. The summed E-state index contributed by atoms with van der Waals surface area (Å²) in [6, 6.07) is 0. The van der Waals surface area contributed by atoms with Crippen molar-refractivity contribution in [1.29, 1.82) is 0 Å². The van der Waals surface area contributed by atoms with E-state index in [1.54, 1.807) is 10.9 Å². The summed E-state index contributed by atoms with van der Waals surface area (Å²) in [7, 11) is 1.89. The highest BCUT2D eigenvalue weighted by molar-refractivity contribution is 5.87. The predicted molar refractivity (Wildman–Crippen MR) is 72.1 cm³/mol. The summed E-state index contributed by atoms with van der Waals surface area (Å²) >= 11 is 0. The van der Waals surface area contributed by atoms with Gasteiger partial charge in [-0.2, -0.15) is 0 Å². The maximum atomic E-state index is 4.40. The lowest BCUT2D eigenvalue weighted by Crippen LogP contribution is -2.00. The van der Waals surface area contributed by atoms with E-state index < -0.39 is 0 Å². The van der Waals surface area contributed by atoms with E-state index in [0.29, 0.717) is 0 Å². The average Bonchev–Trinajstić information content (AvgIpc) is 2.72. The molecule has 4 heteroatoms. The van der Waals surface area contributed by atoms with E-state index >= 15 is 0 Å². The van der Waals surface area contributed by atoms with Crippen LogP contribution < -0.4 is 0 Å². The van der Waals surface area contributed by atoms with E-state index in [2.05, 4.69) is 28.8 Å². The number of hydrogen-bond donors (Lipinski definition) is 0. The Morgan fingerprint density at radius 3 is 2.71 bits per heavy atom. The van der Waals surface area contributed by atoms with Gasteiger partial charge in [-0.1, -0.05) is 17.9 Å². The van der Waals surface area contributed by atoms with Crippen molar-refractivity contribution in [2.24, 2.45) is 12.0 Å². The van der Waals surface area contributed by atoms with Gasteiger partial charge in [-0.05, 0) is 31.9 Å². The SMILES string of the molecule is C=C/C(CC(C)=NCC)=C(\C)c1cnnn1C. The molecule has 0 radical (unpaired) electrons. The number of nitrogens with zero attached hydrogens (tertiary/aromatic N) is 4. The molecule has 1 aromatic rings. The molecule has 1 rings (SSSR count). The second-order valence-electron chi connectivity index (χ2n) is 3.98. The van der Waals surface area contributed by atoms with Gasteiger partial charge in [0.2, 0.25) is 0 Å². The lowest BCUT2D eigenvalue weighted by Gasteiger charge is -2.08. The largest absolute Gasteiger partial charge is 0.294 e. The minimum absolute atomic E-state index is 0.822. The van der Waals surface area contributed by atoms with Crippen LogP contribution in [0.1, 0.15) is 32.9 Å². The predicted octanol–water partition coefficient (Wildman–Crippen LogP) is 2.65. The van der Waals surface area contributed by atoms with E-state index in [4.69, 9.17) is 0 Å². The van der Waals surface area contributed by atoms with Crippen molar-refractivity contribution in [3.8, 4) is 0 Å². The highest BCUT2D eigenvalue weighted by atomic mass is 15.4. The highest BCUT2D eigenvalue weighted by Crippen LogP contribution is 2.20. The van der Waals surface area contributed by atoms with Crippen LogP contribution in [0, 0.1) is 0 Å². The topological polar surface area (TPSA) is 43.1 Å². The molecule has 0 saturated carbocycles. The fourth-order valence-electron chi connectivity index (χ4n) is 1.75. The van der Waals surface area contributed by atoms with Gasteiger partial charge in [-0.3, -0.25) is 4.99 Å². The van der Waals surface area contributed by atoms with Crippen molar-refractivity contribution in [1.82, 2.24) is 15.0 Å². The summed E-state index contributed by atoms with van der Waals surface area (Å²) in [5.41, 5.74) is 4.46. The second kappa shape index (κ2) is 6.13. The first kappa shape index (κ1) is 13.4. The van der Waals surface area contributed by atoms with Crippen molar-refractivity contribution in [2.45, 2.75) is 27.2 Å². The first-order valence-corrected chi connectivity index (χ1v) is 5.77. The molecular formula is C13H20N4. The van der Waals surface area contributed by atoms with Crippen LogP contribution in [0.3, 0.4) is 0 Å². The number of aryl methyl sites for hydroxylation is 1. The van der Waals surface area contributed by atoms with Crippen LogP contribution >= 0.6 is 0 Å². The van der Waals surface area contributed by atoms with E-state index in [-0.39, 0.29) is 0 Å². The van der Waals surface area contributed by atoms with Gasteiger partial charge < -0.3 is 0 Å². The summed E-state index contributed by atoms with van der Waals surface area (Å²) in [6.07, 6.45) is 4.48. The first-order valence-electron chi connectivity index (χ1n) is 5.77. The van der Waals surface area contributed by atoms with Crippen LogP contribution in [0.15, 0.2) is 29.4 Å². The van der Waals surface area contributed by atoms with Crippen LogP contribution in [0.2, 0.25) is 0 Å². The van der Waals surface area contributed by atoms with Gasteiger partial charge in [-0.25, -0.2) is 4.68 Å². The van der Waals surface area contributed by atoms with E-state index in [0.717, 1.165) is 29.9 Å². The summed E-state index contributed by atoms with van der Waals surface area (Å²) in [5.74, 6) is 0. The van der Waals surface area contributed by atoms with Crippen molar-refractivity contribution < 1.29 is 0 Å². The third kappa shape index (κ3) is 3.37. The molecule has 0 amide bonds. The van der Waals surface area contributed by atoms with Gasteiger partial charge in [0, 0.05) is 25.7 Å². The second-order valence-corrected chi connectivity index (χ2v) is 3.98. The van der Waals surface area contributed by atoms with Gasteiger partial charge in [0.15, 0.2) is 0 Å². The van der Waals surface area contributed by atoms with Gasteiger partial charge in [0.1, 0.15) is 0 Å². The highest BCUT2D eigenvalue weighted by Gasteiger charge is 2.07. The molecule has 0 saturated heterocycles. The minimum Gasteiger partial charge on any atom is -0.294 e. The fraction of sp³-hybridized carbons (Fsp3) is 0.462. The van der Waals surface area contributed by atoms with Gasteiger partial charge >= 0.3 is 0 Å². The number of aliphatic imine (C=N–C) groups is 1. The molecule has 92 valence electrons. The summed E-state index contributed by atoms with van der Waals surface area (Å²) < 4.78 is 1.77. The molecule has 17 heavy (non-hydrogen) atoms. The molecule has 4 nitrogen and oxygen atoms in total. The Balaban J connectivity index is 3.03. The molecular weight excluding hydrogens is 212 g/mol. The van der Waals surface area contributed by atoms with Crippen LogP contribution in [-0.4, -0.2) is 27.3 Å². The molecule has 0 spiro atoms. The lowest BCUT2D eigenvalue weighted by molar-refractivity contribution is 0.706. The Kier molecular flexibility index (Phi) is 4.82. The molecule has 0 fully saturated rings. The lowest BCUT2D eigenvalue weighted by atomic mass is 10.0. The Morgan fingerprint density at radius 1 is 1.53 bits per heavy atom. The third-order valence-corrected chi connectivity index (χ3v) is 2.70.